The maximum atomic E-state index is 4.52. The molecule has 1 aromatic carbocycles. The molecule has 0 unspecified atom stereocenters. The van der Waals surface area contributed by atoms with Crippen molar-refractivity contribution in [2.24, 2.45) is 0 Å². The quantitative estimate of drug-likeness (QED) is 0.740. The third-order valence-electron chi connectivity index (χ3n) is 4.72. The Labute approximate surface area is 147 Å². The SMILES string of the molecule is C=C(CN1CCCCC1)Nc1cc2cc(-c3cn[nH]c3)ccc2cn1. The normalized spacial score (nSPS) is 15.4. The van der Waals surface area contributed by atoms with Crippen LogP contribution in [-0.2, 0) is 0 Å². The van der Waals surface area contributed by atoms with Crippen LogP contribution in [0.1, 0.15) is 19.3 Å². The number of aromatic nitrogens is 3. The lowest BCUT2D eigenvalue weighted by Gasteiger charge is -2.27. The van der Waals surface area contributed by atoms with Gasteiger partial charge in [-0.15, -0.1) is 0 Å². The first-order chi connectivity index (χ1) is 12.3. The molecular weight excluding hydrogens is 310 g/mol. The van der Waals surface area contributed by atoms with Crippen LogP contribution in [0.5, 0.6) is 0 Å². The van der Waals surface area contributed by atoms with Gasteiger partial charge in [0.1, 0.15) is 5.82 Å². The van der Waals surface area contributed by atoms with Gasteiger partial charge in [0.15, 0.2) is 0 Å². The van der Waals surface area contributed by atoms with E-state index in [1.807, 2.05) is 18.6 Å². The fourth-order valence-electron chi connectivity index (χ4n) is 3.41. The van der Waals surface area contributed by atoms with Gasteiger partial charge in [0.05, 0.1) is 6.20 Å². The average Bonchev–Trinajstić information content (AvgIpc) is 3.16. The number of likely N-dealkylation sites (tertiary alicyclic amines) is 1. The first-order valence-corrected chi connectivity index (χ1v) is 8.84. The lowest BCUT2D eigenvalue weighted by molar-refractivity contribution is 0.247. The minimum Gasteiger partial charge on any atom is -0.343 e. The lowest BCUT2D eigenvalue weighted by Crippen LogP contribution is -2.32. The van der Waals surface area contributed by atoms with Crippen molar-refractivity contribution in [1.82, 2.24) is 20.1 Å². The second-order valence-corrected chi connectivity index (χ2v) is 6.68. The lowest BCUT2D eigenvalue weighted by atomic mass is 10.1. The molecule has 3 aromatic rings. The van der Waals surface area contributed by atoms with Crippen molar-refractivity contribution in [2.75, 3.05) is 25.0 Å². The van der Waals surface area contributed by atoms with E-state index in [-0.39, 0.29) is 0 Å². The topological polar surface area (TPSA) is 56.8 Å². The summed E-state index contributed by atoms with van der Waals surface area (Å²) in [5, 5.41) is 12.5. The van der Waals surface area contributed by atoms with Gasteiger partial charge in [-0.3, -0.25) is 10.00 Å². The number of H-pyrrole nitrogens is 1. The van der Waals surface area contributed by atoms with Gasteiger partial charge in [-0.1, -0.05) is 25.1 Å². The molecule has 1 aliphatic heterocycles. The van der Waals surface area contributed by atoms with Gasteiger partial charge >= 0.3 is 0 Å². The van der Waals surface area contributed by atoms with Crippen LogP contribution in [0.4, 0.5) is 5.82 Å². The monoisotopic (exact) mass is 333 g/mol. The number of nitrogens with one attached hydrogen (secondary N) is 2. The molecule has 4 rings (SSSR count). The number of hydrogen-bond acceptors (Lipinski definition) is 4. The van der Waals surface area contributed by atoms with Gasteiger partial charge in [-0.25, -0.2) is 4.98 Å². The molecule has 1 aliphatic rings. The van der Waals surface area contributed by atoms with Crippen LogP contribution in [0.15, 0.2) is 55.1 Å². The van der Waals surface area contributed by atoms with Crippen molar-refractivity contribution < 1.29 is 0 Å². The van der Waals surface area contributed by atoms with E-state index in [2.05, 4.69) is 56.2 Å². The largest absolute Gasteiger partial charge is 0.343 e. The highest BCUT2D eigenvalue weighted by Crippen LogP contribution is 2.25. The highest BCUT2D eigenvalue weighted by Gasteiger charge is 2.11. The summed E-state index contributed by atoms with van der Waals surface area (Å²) in [5.74, 6) is 0.846. The Balaban J connectivity index is 1.50. The van der Waals surface area contributed by atoms with Gasteiger partial charge in [0.25, 0.3) is 0 Å². The van der Waals surface area contributed by atoms with E-state index in [0.717, 1.165) is 40.0 Å². The van der Waals surface area contributed by atoms with Crippen molar-refractivity contribution in [1.29, 1.82) is 0 Å². The zero-order valence-electron chi connectivity index (χ0n) is 14.3. The van der Waals surface area contributed by atoms with E-state index >= 15 is 0 Å². The zero-order valence-corrected chi connectivity index (χ0v) is 14.3. The number of nitrogens with zero attached hydrogens (tertiary/aromatic N) is 3. The molecule has 25 heavy (non-hydrogen) atoms. The Bertz CT molecular complexity index is 863. The molecule has 2 aromatic heterocycles. The van der Waals surface area contributed by atoms with Gasteiger partial charge < -0.3 is 5.32 Å². The van der Waals surface area contributed by atoms with Crippen LogP contribution in [0.25, 0.3) is 21.9 Å². The molecule has 0 radical (unpaired) electrons. The van der Waals surface area contributed by atoms with Crippen LogP contribution in [0.3, 0.4) is 0 Å². The number of benzene rings is 1. The van der Waals surface area contributed by atoms with Crippen LogP contribution in [-0.4, -0.2) is 39.7 Å². The van der Waals surface area contributed by atoms with Crippen molar-refractivity contribution in [3.05, 3.63) is 55.1 Å². The molecule has 1 fully saturated rings. The van der Waals surface area contributed by atoms with E-state index in [0.29, 0.717) is 0 Å². The van der Waals surface area contributed by atoms with Crippen molar-refractivity contribution in [2.45, 2.75) is 19.3 Å². The number of pyridine rings is 1. The molecule has 5 heteroatoms. The standard InChI is InChI=1S/C20H23N5/c1-15(14-25-7-3-2-4-8-25)24-20-10-18-9-16(19-12-22-23-13-19)5-6-17(18)11-21-20/h5-6,9-13H,1-4,7-8,14H2,(H,21,24)(H,22,23). The first-order valence-electron chi connectivity index (χ1n) is 8.84. The molecule has 5 nitrogen and oxygen atoms in total. The van der Waals surface area contributed by atoms with Gasteiger partial charge in [-0.05, 0) is 49.0 Å². The molecule has 1 saturated heterocycles. The van der Waals surface area contributed by atoms with E-state index in [9.17, 15) is 0 Å². The summed E-state index contributed by atoms with van der Waals surface area (Å²) in [6.45, 7) is 7.39. The van der Waals surface area contributed by atoms with Crippen molar-refractivity contribution in [3.8, 4) is 11.1 Å². The van der Waals surface area contributed by atoms with Crippen molar-refractivity contribution in [3.63, 3.8) is 0 Å². The van der Waals surface area contributed by atoms with Crippen molar-refractivity contribution >= 4 is 16.6 Å². The van der Waals surface area contributed by atoms with Gasteiger partial charge in [0, 0.05) is 35.6 Å². The summed E-state index contributed by atoms with van der Waals surface area (Å²) in [5.41, 5.74) is 3.23. The predicted molar refractivity (Wildman–Crippen MR) is 102 cm³/mol. The third kappa shape index (κ3) is 3.72. The molecule has 0 aliphatic carbocycles. The van der Waals surface area contributed by atoms with E-state index in [1.165, 1.54) is 32.4 Å². The number of anilines is 1. The summed E-state index contributed by atoms with van der Waals surface area (Å²) >= 11 is 0. The van der Waals surface area contributed by atoms with Gasteiger partial charge in [0.2, 0.25) is 0 Å². The summed E-state index contributed by atoms with van der Waals surface area (Å²) < 4.78 is 0. The fourth-order valence-corrected chi connectivity index (χ4v) is 3.41. The maximum Gasteiger partial charge on any atom is 0.130 e. The smallest absolute Gasteiger partial charge is 0.130 e. The Morgan fingerprint density at radius 1 is 1.08 bits per heavy atom. The number of piperidine rings is 1. The Kier molecular flexibility index (Phi) is 4.48. The third-order valence-corrected chi connectivity index (χ3v) is 4.72. The number of hydrogen-bond donors (Lipinski definition) is 2. The van der Waals surface area contributed by atoms with E-state index in [1.54, 1.807) is 0 Å². The molecule has 0 spiro atoms. The van der Waals surface area contributed by atoms with Crippen LogP contribution in [0, 0.1) is 0 Å². The van der Waals surface area contributed by atoms with Gasteiger partial charge in [-0.2, -0.15) is 5.10 Å². The minimum atomic E-state index is 0.846. The molecule has 3 heterocycles. The Morgan fingerprint density at radius 3 is 2.76 bits per heavy atom. The molecule has 2 N–H and O–H groups in total. The molecular formula is C20H23N5. The highest BCUT2D eigenvalue weighted by molar-refractivity contribution is 5.88. The predicted octanol–water partition coefficient (Wildman–Crippen LogP) is 4.04. The molecule has 128 valence electrons. The second kappa shape index (κ2) is 7.07. The van der Waals surface area contributed by atoms with Crippen LogP contribution in [0.2, 0.25) is 0 Å². The van der Waals surface area contributed by atoms with Crippen LogP contribution >= 0.6 is 0 Å². The summed E-state index contributed by atoms with van der Waals surface area (Å²) in [7, 11) is 0. The first kappa shape index (κ1) is 15.8. The number of fused-ring (bicyclic) bond motifs is 1. The highest BCUT2D eigenvalue weighted by atomic mass is 15.2. The Morgan fingerprint density at radius 2 is 1.96 bits per heavy atom. The summed E-state index contributed by atoms with van der Waals surface area (Å²) in [6, 6.07) is 8.44. The average molecular weight is 333 g/mol. The number of aromatic amines is 1. The molecule has 0 bridgehead atoms. The fraction of sp³-hybridized carbons (Fsp3) is 0.300. The Hall–Kier alpha value is -2.66. The minimum absolute atomic E-state index is 0.846. The second-order valence-electron chi connectivity index (χ2n) is 6.68. The molecule has 0 atom stereocenters. The van der Waals surface area contributed by atoms with Crippen LogP contribution < -0.4 is 5.32 Å². The number of rotatable bonds is 5. The molecule has 0 saturated carbocycles. The van der Waals surface area contributed by atoms with E-state index in [4.69, 9.17) is 0 Å². The maximum absolute atomic E-state index is 4.52. The molecule has 0 amide bonds. The zero-order chi connectivity index (χ0) is 17.1. The summed E-state index contributed by atoms with van der Waals surface area (Å²) in [6.07, 6.45) is 9.58. The van der Waals surface area contributed by atoms with E-state index < -0.39 is 0 Å². The summed E-state index contributed by atoms with van der Waals surface area (Å²) in [4.78, 5) is 6.98.